The first-order valence-corrected chi connectivity index (χ1v) is 8.77. The van der Waals surface area contributed by atoms with Crippen molar-refractivity contribution < 1.29 is 4.79 Å². The molecular formula is C15H26BrNO. The van der Waals surface area contributed by atoms with Crippen LogP contribution in [0.4, 0.5) is 0 Å². The molecule has 0 heterocycles. The lowest BCUT2D eigenvalue weighted by atomic mass is 9.80. The molecule has 0 aromatic carbocycles. The van der Waals surface area contributed by atoms with Gasteiger partial charge in [0.2, 0.25) is 5.91 Å². The highest BCUT2D eigenvalue weighted by Crippen LogP contribution is 2.31. The first-order valence-electron chi connectivity index (χ1n) is 7.65. The van der Waals surface area contributed by atoms with Crippen LogP contribution in [0.15, 0.2) is 0 Å². The molecule has 2 aliphatic rings. The third-order valence-electron chi connectivity index (χ3n) is 4.78. The van der Waals surface area contributed by atoms with E-state index < -0.39 is 0 Å². The van der Waals surface area contributed by atoms with Crippen LogP contribution in [0.3, 0.4) is 0 Å². The van der Waals surface area contributed by atoms with Crippen molar-refractivity contribution in [2.24, 2.45) is 17.8 Å². The summed E-state index contributed by atoms with van der Waals surface area (Å²) in [4.78, 5) is 12.1. The van der Waals surface area contributed by atoms with E-state index in [9.17, 15) is 4.79 Å². The summed E-state index contributed by atoms with van der Waals surface area (Å²) in [6, 6.07) is 0. The van der Waals surface area contributed by atoms with E-state index in [0.29, 0.717) is 17.7 Å². The molecule has 2 fully saturated rings. The molecule has 2 aliphatic carbocycles. The Balaban J connectivity index is 1.73. The molecule has 2 rings (SSSR count). The van der Waals surface area contributed by atoms with Gasteiger partial charge in [-0.05, 0) is 37.5 Å². The Labute approximate surface area is 119 Å². The van der Waals surface area contributed by atoms with E-state index in [2.05, 4.69) is 21.2 Å². The van der Waals surface area contributed by atoms with E-state index in [0.717, 1.165) is 30.6 Å². The van der Waals surface area contributed by atoms with Crippen molar-refractivity contribution in [1.82, 2.24) is 5.32 Å². The van der Waals surface area contributed by atoms with Gasteiger partial charge in [-0.3, -0.25) is 4.79 Å². The maximum atomic E-state index is 12.1. The molecule has 0 bridgehead atoms. The van der Waals surface area contributed by atoms with Crippen LogP contribution in [0, 0.1) is 17.8 Å². The maximum Gasteiger partial charge on any atom is 0.223 e. The zero-order chi connectivity index (χ0) is 12.8. The van der Waals surface area contributed by atoms with E-state index in [1.807, 2.05) is 0 Å². The second-order valence-corrected chi connectivity index (χ2v) is 6.69. The van der Waals surface area contributed by atoms with Crippen molar-refractivity contribution >= 4 is 21.8 Å². The molecule has 3 heteroatoms. The maximum absolute atomic E-state index is 12.1. The molecule has 0 aliphatic heterocycles. The Hall–Kier alpha value is -0.0500. The third-order valence-corrected chi connectivity index (χ3v) is 5.61. The number of rotatable bonds is 4. The molecule has 2 atom stereocenters. The lowest BCUT2D eigenvalue weighted by Gasteiger charge is -2.31. The highest BCUT2D eigenvalue weighted by Gasteiger charge is 2.26. The van der Waals surface area contributed by atoms with Crippen molar-refractivity contribution in [2.75, 3.05) is 11.9 Å². The normalized spacial score (nSPS) is 30.1. The van der Waals surface area contributed by atoms with Gasteiger partial charge in [0.25, 0.3) is 0 Å². The highest BCUT2D eigenvalue weighted by atomic mass is 79.9. The van der Waals surface area contributed by atoms with Crippen LogP contribution < -0.4 is 5.32 Å². The number of halogens is 1. The average molecular weight is 316 g/mol. The summed E-state index contributed by atoms with van der Waals surface area (Å²) in [6.45, 7) is 0.908. The summed E-state index contributed by atoms with van der Waals surface area (Å²) in [5.74, 6) is 2.11. The minimum Gasteiger partial charge on any atom is -0.356 e. The van der Waals surface area contributed by atoms with Crippen LogP contribution in [-0.2, 0) is 4.79 Å². The fraction of sp³-hybridized carbons (Fsp3) is 0.933. The molecule has 0 saturated heterocycles. The van der Waals surface area contributed by atoms with Gasteiger partial charge in [-0.2, -0.15) is 0 Å². The van der Waals surface area contributed by atoms with Crippen molar-refractivity contribution in [3.05, 3.63) is 0 Å². The van der Waals surface area contributed by atoms with Gasteiger partial charge in [0, 0.05) is 17.8 Å². The molecule has 1 amide bonds. The van der Waals surface area contributed by atoms with Gasteiger partial charge in [0.05, 0.1) is 0 Å². The Kier molecular flexibility index (Phi) is 6.00. The number of carbonyl (C=O) groups excluding carboxylic acids is 1. The molecule has 2 nitrogen and oxygen atoms in total. The van der Waals surface area contributed by atoms with Gasteiger partial charge in [0.1, 0.15) is 0 Å². The highest BCUT2D eigenvalue weighted by molar-refractivity contribution is 9.09. The zero-order valence-electron chi connectivity index (χ0n) is 11.3. The Morgan fingerprint density at radius 1 is 0.944 bits per heavy atom. The predicted octanol–water partition coefficient (Wildman–Crippen LogP) is 3.88. The van der Waals surface area contributed by atoms with Gasteiger partial charge >= 0.3 is 0 Å². The third kappa shape index (κ3) is 3.97. The lowest BCUT2D eigenvalue weighted by Crippen LogP contribution is -2.38. The van der Waals surface area contributed by atoms with E-state index in [-0.39, 0.29) is 0 Å². The van der Waals surface area contributed by atoms with Gasteiger partial charge in [-0.15, -0.1) is 0 Å². The first-order chi connectivity index (χ1) is 8.81. The second kappa shape index (κ2) is 7.52. The second-order valence-electron chi connectivity index (χ2n) is 6.04. The molecular weight excluding hydrogens is 290 g/mol. The molecule has 2 unspecified atom stereocenters. The van der Waals surface area contributed by atoms with Crippen molar-refractivity contribution in [1.29, 1.82) is 0 Å². The van der Waals surface area contributed by atoms with Gasteiger partial charge < -0.3 is 5.32 Å². The fourth-order valence-electron chi connectivity index (χ4n) is 3.50. The summed E-state index contributed by atoms with van der Waals surface area (Å²) < 4.78 is 0. The summed E-state index contributed by atoms with van der Waals surface area (Å²) in [5.41, 5.74) is 0. The Morgan fingerprint density at radius 3 is 2.22 bits per heavy atom. The predicted molar refractivity (Wildman–Crippen MR) is 78.8 cm³/mol. The van der Waals surface area contributed by atoms with Crippen molar-refractivity contribution in [3.8, 4) is 0 Å². The molecule has 0 aromatic heterocycles. The largest absolute Gasteiger partial charge is 0.356 e. The van der Waals surface area contributed by atoms with Gasteiger partial charge in [0.15, 0.2) is 0 Å². The summed E-state index contributed by atoms with van der Waals surface area (Å²) in [6.07, 6.45) is 11.3. The number of carbonyl (C=O) groups is 1. The van der Waals surface area contributed by atoms with Crippen LogP contribution in [0.2, 0.25) is 0 Å². The quantitative estimate of drug-likeness (QED) is 0.784. The number of nitrogens with one attached hydrogen (secondary N) is 1. The van der Waals surface area contributed by atoms with Gasteiger partial charge in [-0.25, -0.2) is 0 Å². The first kappa shape index (κ1) is 14.4. The SMILES string of the molecule is O=C(NCC1CCCCC1CBr)C1CCCCC1. The monoisotopic (exact) mass is 315 g/mol. The molecule has 0 radical (unpaired) electrons. The van der Waals surface area contributed by atoms with E-state index in [1.54, 1.807) is 0 Å². The number of hydrogen-bond donors (Lipinski definition) is 1. The molecule has 0 aromatic rings. The summed E-state index contributed by atoms with van der Waals surface area (Å²) in [7, 11) is 0. The molecule has 2 saturated carbocycles. The smallest absolute Gasteiger partial charge is 0.223 e. The Morgan fingerprint density at radius 2 is 1.56 bits per heavy atom. The minimum atomic E-state index is 0.310. The van der Waals surface area contributed by atoms with Crippen molar-refractivity contribution in [3.63, 3.8) is 0 Å². The number of hydrogen-bond acceptors (Lipinski definition) is 1. The fourth-order valence-corrected chi connectivity index (χ4v) is 4.35. The standard InChI is InChI=1S/C15H26BrNO/c16-10-13-8-4-5-9-14(13)11-17-15(18)12-6-2-1-3-7-12/h12-14H,1-11H2,(H,17,18). The minimum absolute atomic E-state index is 0.310. The van der Waals surface area contributed by atoms with E-state index in [4.69, 9.17) is 0 Å². The molecule has 18 heavy (non-hydrogen) atoms. The van der Waals surface area contributed by atoms with E-state index in [1.165, 1.54) is 44.9 Å². The molecule has 0 spiro atoms. The number of alkyl halides is 1. The van der Waals surface area contributed by atoms with Crippen LogP contribution in [0.1, 0.15) is 57.8 Å². The average Bonchev–Trinajstić information content (AvgIpc) is 2.46. The topological polar surface area (TPSA) is 29.1 Å². The number of amides is 1. The van der Waals surface area contributed by atoms with E-state index >= 15 is 0 Å². The van der Waals surface area contributed by atoms with Crippen LogP contribution >= 0.6 is 15.9 Å². The van der Waals surface area contributed by atoms with Crippen molar-refractivity contribution in [2.45, 2.75) is 57.8 Å². The summed E-state index contributed by atoms with van der Waals surface area (Å²) in [5, 5.41) is 4.32. The van der Waals surface area contributed by atoms with Crippen LogP contribution in [0.25, 0.3) is 0 Å². The Bertz CT molecular complexity index is 263. The summed E-state index contributed by atoms with van der Waals surface area (Å²) >= 11 is 3.62. The van der Waals surface area contributed by atoms with Gasteiger partial charge in [-0.1, -0.05) is 48.0 Å². The molecule has 1 N–H and O–H groups in total. The molecule has 104 valence electrons. The van der Waals surface area contributed by atoms with Crippen LogP contribution in [-0.4, -0.2) is 17.8 Å². The van der Waals surface area contributed by atoms with Crippen LogP contribution in [0.5, 0.6) is 0 Å². The zero-order valence-corrected chi connectivity index (χ0v) is 12.9. The lowest BCUT2D eigenvalue weighted by molar-refractivity contribution is -0.126.